The van der Waals surface area contributed by atoms with Gasteiger partial charge in [0.2, 0.25) is 5.88 Å². The number of fused-ring (bicyclic) bond motifs is 1. The maximum Gasteiger partial charge on any atom is 0.302 e. The number of hydrogen-bond donors (Lipinski definition) is 1. The van der Waals surface area contributed by atoms with Crippen LogP contribution < -0.4 is 0 Å². The second-order valence-corrected chi connectivity index (χ2v) is 5.21. The Hall–Kier alpha value is -3.55. The van der Waals surface area contributed by atoms with Crippen LogP contribution in [0.1, 0.15) is 17.3 Å². The predicted molar refractivity (Wildman–Crippen MR) is 91.2 cm³/mol. The second kappa shape index (κ2) is 6.52. The van der Waals surface area contributed by atoms with E-state index in [2.05, 4.69) is 10.2 Å². The standard InChI is InChI=1S/C17H14N4O4/c1-2-20-13-9-5-3-7-11(13)15(17(20)23)18-19-16(22)12-8-4-6-10-14(12)21(24)25/h3-10,23H,2H2,1H3. The van der Waals surface area contributed by atoms with Crippen LogP contribution in [0.5, 0.6) is 5.88 Å². The third-order valence-electron chi connectivity index (χ3n) is 3.81. The predicted octanol–water partition coefficient (Wildman–Crippen LogP) is 4.20. The number of para-hydroxylation sites is 2. The molecule has 0 saturated heterocycles. The van der Waals surface area contributed by atoms with Crippen molar-refractivity contribution in [2.24, 2.45) is 10.2 Å². The molecular weight excluding hydrogens is 324 g/mol. The lowest BCUT2D eigenvalue weighted by atomic mass is 10.2. The average Bonchev–Trinajstić information content (AvgIpc) is 2.90. The van der Waals surface area contributed by atoms with Gasteiger partial charge in [0.05, 0.1) is 10.4 Å². The minimum atomic E-state index is -0.847. The molecule has 0 aliphatic carbocycles. The number of aromatic nitrogens is 1. The summed E-state index contributed by atoms with van der Waals surface area (Å²) in [5, 5.41) is 29.4. The molecule has 0 aliphatic heterocycles. The van der Waals surface area contributed by atoms with E-state index < -0.39 is 10.8 Å². The van der Waals surface area contributed by atoms with E-state index in [0.29, 0.717) is 11.9 Å². The molecule has 126 valence electrons. The molecule has 25 heavy (non-hydrogen) atoms. The normalized spacial score (nSPS) is 11.2. The van der Waals surface area contributed by atoms with E-state index in [1.165, 1.54) is 24.3 Å². The molecule has 1 amide bonds. The largest absolute Gasteiger partial charge is 0.493 e. The Morgan fingerprint density at radius 2 is 1.88 bits per heavy atom. The van der Waals surface area contributed by atoms with Gasteiger partial charge in [-0.1, -0.05) is 30.3 Å². The van der Waals surface area contributed by atoms with Crippen LogP contribution >= 0.6 is 0 Å². The molecule has 0 bridgehead atoms. The summed E-state index contributed by atoms with van der Waals surface area (Å²) >= 11 is 0. The van der Waals surface area contributed by atoms with E-state index in [0.717, 1.165) is 5.52 Å². The fourth-order valence-electron chi connectivity index (χ4n) is 2.65. The number of aromatic hydroxyl groups is 1. The maximum atomic E-state index is 12.2. The molecule has 0 saturated carbocycles. The molecule has 3 aromatic rings. The highest BCUT2D eigenvalue weighted by Gasteiger charge is 2.20. The van der Waals surface area contributed by atoms with Gasteiger partial charge in [0.1, 0.15) is 5.56 Å². The molecule has 0 radical (unpaired) electrons. The van der Waals surface area contributed by atoms with Crippen molar-refractivity contribution in [3.8, 4) is 5.88 Å². The summed E-state index contributed by atoms with van der Waals surface area (Å²) in [4.78, 5) is 22.6. The molecular formula is C17H14N4O4. The zero-order chi connectivity index (χ0) is 18.0. The number of azo groups is 1. The highest BCUT2D eigenvalue weighted by atomic mass is 16.6. The van der Waals surface area contributed by atoms with E-state index in [1.54, 1.807) is 16.7 Å². The fraction of sp³-hybridized carbons (Fsp3) is 0.118. The van der Waals surface area contributed by atoms with Crippen molar-refractivity contribution in [2.75, 3.05) is 0 Å². The van der Waals surface area contributed by atoms with Crippen molar-refractivity contribution in [1.82, 2.24) is 4.57 Å². The van der Waals surface area contributed by atoms with Crippen molar-refractivity contribution >= 4 is 28.2 Å². The van der Waals surface area contributed by atoms with E-state index >= 15 is 0 Å². The number of nitro benzene ring substituents is 1. The number of nitro groups is 1. The molecule has 0 unspecified atom stereocenters. The fourth-order valence-corrected chi connectivity index (χ4v) is 2.65. The first-order valence-electron chi connectivity index (χ1n) is 7.54. The summed E-state index contributed by atoms with van der Waals surface area (Å²) in [6.45, 7) is 2.38. The van der Waals surface area contributed by atoms with Crippen molar-refractivity contribution in [3.63, 3.8) is 0 Å². The summed E-state index contributed by atoms with van der Waals surface area (Å²) < 4.78 is 1.64. The lowest BCUT2D eigenvalue weighted by molar-refractivity contribution is -0.385. The molecule has 1 aromatic heterocycles. The number of carbonyl (C=O) groups excluding carboxylic acids is 1. The lowest BCUT2D eigenvalue weighted by Gasteiger charge is -2.00. The first kappa shape index (κ1) is 16.3. The van der Waals surface area contributed by atoms with E-state index in [4.69, 9.17) is 0 Å². The van der Waals surface area contributed by atoms with Crippen LogP contribution in [0.15, 0.2) is 58.8 Å². The molecule has 8 nitrogen and oxygen atoms in total. The molecule has 0 aliphatic rings. The molecule has 0 atom stereocenters. The zero-order valence-corrected chi connectivity index (χ0v) is 13.3. The summed E-state index contributed by atoms with van der Waals surface area (Å²) in [5.74, 6) is -0.956. The third-order valence-corrected chi connectivity index (χ3v) is 3.81. The number of carbonyl (C=O) groups is 1. The Kier molecular flexibility index (Phi) is 4.25. The quantitative estimate of drug-likeness (QED) is 0.436. The van der Waals surface area contributed by atoms with Gasteiger partial charge in [0.25, 0.3) is 5.69 Å². The van der Waals surface area contributed by atoms with Gasteiger partial charge in [-0.05, 0) is 19.1 Å². The van der Waals surface area contributed by atoms with Gasteiger partial charge in [-0.3, -0.25) is 14.9 Å². The van der Waals surface area contributed by atoms with Crippen molar-refractivity contribution in [2.45, 2.75) is 13.5 Å². The third kappa shape index (κ3) is 2.85. The molecule has 0 fully saturated rings. The Morgan fingerprint density at radius 1 is 1.20 bits per heavy atom. The van der Waals surface area contributed by atoms with Crippen LogP contribution in [0.4, 0.5) is 11.4 Å². The van der Waals surface area contributed by atoms with Crippen molar-refractivity contribution < 1.29 is 14.8 Å². The van der Waals surface area contributed by atoms with Crippen molar-refractivity contribution in [1.29, 1.82) is 0 Å². The Labute approximate surface area is 142 Å². The van der Waals surface area contributed by atoms with E-state index in [1.807, 2.05) is 19.1 Å². The summed E-state index contributed by atoms with van der Waals surface area (Å²) in [7, 11) is 0. The first-order chi connectivity index (χ1) is 12.0. The Bertz CT molecular complexity index is 1010. The van der Waals surface area contributed by atoms with Gasteiger partial charge >= 0.3 is 5.91 Å². The lowest BCUT2D eigenvalue weighted by Crippen LogP contribution is -2.00. The Balaban J connectivity index is 2.04. The van der Waals surface area contributed by atoms with Crippen LogP contribution in [0.3, 0.4) is 0 Å². The topological polar surface area (TPSA) is 110 Å². The zero-order valence-electron chi connectivity index (χ0n) is 13.3. The number of aryl methyl sites for hydroxylation is 1. The Morgan fingerprint density at radius 3 is 2.60 bits per heavy atom. The molecule has 1 heterocycles. The molecule has 8 heteroatoms. The highest BCUT2D eigenvalue weighted by Crippen LogP contribution is 2.38. The number of hydrogen-bond acceptors (Lipinski definition) is 5. The van der Waals surface area contributed by atoms with Gasteiger partial charge in [-0.15, -0.1) is 10.2 Å². The van der Waals surface area contributed by atoms with Gasteiger partial charge in [0.15, 0.2) is 5.69 Å². The number of benzene rings is 2. The SMILES string of the molecule is CCn1c(O)c(N=NC(=O)c2ccccc2[N+](=O)[O-])c2ccccc21. The van der Waals surface area contributed by atoms with Crippen LogP contribution in [0, 0.1) is 10.1 Å². The number of rotatable bonds is 4. The summed E-state index contributed by atoms with van der Waals surface area (Å²) in [6, 6.07) is 12.7. The minimum absolute atomic E-state index is 0.109. The second-order valence-electron chi connectivity index (χ2n) is 5.21. The van der Waals surface area contributed by atoms with Crippen molar-refractivity contribution in [3.05, 3.63) is 64.2 Å². The average molecular weight is 338 g/mol. The minimum Gasteiger partial charge on any atom is -0.493 e. The van der Waals surface area contributed by atoms with Crippen LogP contribution in [0.25, 0.3) is 10.9 Å². The maximum absolute atomic E-state index is 12.2. The number of amides is 1. The van der Waals surface area contributed by atoms with E-state index in [9.17, 15) is 20.0 Å². The molecule has 0 spiro atoms. The summed E-state index contributed by atoms with van der Waals surface area (Å²) in [6.07, 6.45) is 0. The molecule has 2 aromatic carbocycles. The monoisotopic (exact) mass is 338 g/mol. The molecule has 3 rings (SSSR count). The summed E-state index contributed by atoms with van der Waals surface area (Å²) in [5.41, 5.74) is 0.417. The smallest absolute Gasteiger partial charge is 0.302 e. The van der Waals surface area contributed by atoms with Gasteiger partial charge < -0.3 is 9.67 Å². The van der Waals surface area contributed by atoms with E-state index in [-0.39, 0.29) is 22.8 Å². The first-order valence-corrected chi connectivity index (χ1v) is 7.54. The van der Waals surface area contributed by atoms with Crippen LogP contribution in [0.2, 0.25) is 0 Å². The van der Waals surface area contributed by atoms with Gasteiger partial charge in [-0.25, -0.2) is 0 Å². The van der Waals surface area contributed by atoms with Gasteiger partial charge in [-0.2, -0.15) is 0 Å². The van der Waals surface area contributed by atoms with Crippen LogP contribution in [-0.2, 0) is 6.54 Å². The van der Waals surface area contributed by atoms with Gasteiger partial charge in [0, 0.05) is 18.0 Å². The molecule has 1 N–H and O–H groups in total. The number of nitrogens with zero attached hydrogens (tertiary/aromatic N) is 4. The van der Waals surface area contributed by atoms with Crippen LogP contribution in [-0.4, -0.2) is 20.5 Å². The highest BCUT2D eigenvalue weighted by molar-refractivity contribution is 5.99.